The molecular weight excluding hydrogens is 296 g/mol. The van der Waals surface area contributed by atoms with E-state index >= 15 is 0 Å². The number of amides is 2. The summed E-state index contributed by atoms with van der Waals surface area (Å²) in [6.07, 6.45) is 0.879. The van der Waals surface area contributed by atoms with Gasteiger partial charge in [-0.15, -0.1) is 0 Å². The number of carbonyl (C=O) groups is 2. The van der Waals surface area contributed by atoms with E-state index < -0.39 is 27.4 Å². The second kappa shape index (κ2) is 6.13. The van der Waals surface area contributed by atoms with Gasteiger partial charge in [0.1, 0.15) is 0 Å². The Morgan fingerprint density at radius 1 is 1.19 bits per heavy atom. The highest BCUT2D eigenvalue weighted by Gasteiger charge is 2.23. The van der Waals surface area contributed by atoms with Crippen LogP contribution in [0.1, 0.15) is 20.3 Å². The van der Waals surface area contributed by atoms with E-state index in [0.29, 0.717) is 5.69 Å². The summed E-state index contributed by atoms with van der Waals surface area (Å²) in [7, 11) is -3.28. The first kappa shape index (κ1) is 17.0. The van der Waals surface area contributed by atoms with Gasteiger partial charge in [-0.1, -0.05) is 0 Å². The van der Waals surface area contributed by atoms with Crippen LogP contribution in [0.15, 0.2) is 29.2 Å². The Hall–Kier alpha value is -2.09. The third-order valence-corrected chi connectivity index (χ3v) is 3.71. The van der Waals surface area contributed by atoms with Crippen LogP contribution in [-0.4, -0.2) is 37.3 Å². The molecule has 116 valence electrons. The highest BCUT2D eigenvalue weighted by Crippen LogP contribution is 2.14. The van der Waals surface area contributed by atoms with Crippen LogP contribution in [0.5, 0.6) is 0 Å². The first-order chi connectivity index (χ1) is 9.49. The maximum Gasteiger partial charge on any atom is 0.319 e. The molecule has 7 nitrogen and oxygen atoms in total. The normalized spacial score (nSPS) is 11.8. The lowest BCUT2D eigenvalue weighted by Crippen LogP contribution is -2.46. The number of rotatable bonds is 5. The van der Waals surface area contributed by atoms with Crippen molar-refractivity contribution in [2.24, 2.45) is 0 Å². The van der Waals surface area contributed by atoms with Gasteiger partial charge in [0.05, 0.1) is 11.3 Å². The lowest BCUT2D eigenvalue weighted by Gasteiger charge is -2.24. The molecule has 0 aromatic heterocycles. The number of urea groups is 1. The SMILES string of the molecule is CC(C)(CC(=O)O)NC(=O)Nc1ccc(S(C)(=O)=O)cc1. The first-order valence-corrected chi connectivity index (χ1v) is 8.00. The van der Waals surface area contributed by atoms with Gasteiger partial charge in [-0.2, -0.15) is 0 Å². The van der Waals surface area contributed by atoms with Crippen molar-refractivity contribution >= 4 is 27.5 Å². The van der Waals surface area contributed by atoms with Crippen LogP contribution in [-0.2, 0) is 14.6 Å². The minimum Gasteiger partial charge on any atom is -0.481 e. The Balaban J connectivity index is 2.69. The number of benzene rings is 1. The van der Waals surface area contributed by atoms with Crippen molar-refractivity contribution in [1.82, 2.24) is 5.32 Å². The number of aliphatic carboxylic acids is 1. The molecule has 0 atom stereocenters. The molecule has 0 aliphatic rings. The fraction of sp³-hybridized carbons (Fsp3) is 0.385. The molecule has 0 saturated carbocycles. The molecule has 0 aliphatic heterocycles. The van der Waals surface area contributed by atoms with Crippen LogP contribution >= 0.6 is 0 Å². The molecule has 3 N–H and O–H groups in total. The molecule has 0 saturated heterocycles. The second-order valence-electron chi connectivity index (χ2n) is 5.33. The third-order valence-electron chi connectivity index (χ3n) is 2.59. The lowest BCUT2D eigenvalue weighted by atomic mass is 10.0. The van der Waals surface area contributed by atoms with E-state index in [-0.39, 0.29) is 11.3 Å². The van der Waals surface area contributed by atoms with Crippen LogP contribution in [0.25, 0.3) is 0 Å². The van der Waals surface area contributed by atoms with Gasteiger partial charge in [0.2, 0.25) is 0 Å². The number of carbonyl (C=O) groups excluding carboxylic acids is 1. The zero-order valence-corrected chi connectivity index (χ0v) is 12.8. The molecule has 0 unspecified atom stereocenters. The van der Waals surface area contributed by atoms with Crippen molar-refractivity contribution in [3.05, 3.63) is 24.3 Å². The van der Waals surface area contributed by atoms with Crippen molar-refractivity contribution < 1.29 is 23.1 Å². The van der Waals surface area contributed by atoms with Gasteiger partial charge in [0.25, 0.3) is 0 Å². The minimum absolute atomic E-state index is 0.152. The molecule has 0 bridgehead atoms. The minimum atomic E-state index is -3.28. The van der Waals surface area contributed by atoms with Gasteiger partial charge in [0, 0.05) is 17.5 Å². The second-order valence-corrected chi connectivity index (χ2v) is 7.35. The van der Waals surface area contributed by atoms with Gasteiger partial charge in [-0.3, -0.25) is 4.79 Å². The molecule has 1 aromatic carbocycles. The van der Waals surface area contributed by atoms with Gasteiger partial charge in [-0.05, 0) is 38.1 Å². The number of anilines is 1. The van der Waals surface area contributed by atoms with Crippen LogP contribution in [0, 0.1) is 0 Å². The molecule has 0 radical (unpaired) electrons. The summed E-state index contributed by atoms with van der Waals surface area (Å²) in [6, 6.07) is 5.12. The zero-order chi connectivity index (χ0) is 16.3. The number of hydrogen-bond donors (Lipinski definition) is 3. The fourth-order valence-corrected chi connectivity index (χ4v) is 2.31. The average Bonchev–Trinajstić information content (AvgIpc) is 2.25. The molecule has 0 fully saturated rings. The number of hydrogen-bond acceptors (Lipinski definition) is 4. The number of nitrogens with one attached hydrogen (secondary N) is 2. The summed E-state index contributed by atoms with van der Waals surface area (Å²) >= 11 is 0. The molecule has 1 aromatic rings. The summed E-state index contributed by atoms with van der Waals surface area (Å²) in [5.41, 5.74) is -0.492. The van der Waals surface area contributed by atoms with Crippen molar-refractivity contribution in [3.8, 4) is 0 Å². The highest BCUT2D eigenvalue weighted by molar-refractivity contribution is 7.90. The Morgan fingerprint density at radius 3 is 2.14 bits per heavy atom. The molecule has 0 aliphatic carbocycles. The average molecular weight is 314 g/mol. The van der Waals surface area contributed by atoms with E-state index in [2.05, 4.69) is 10.6 Å². The van der Waals surface area contributed by atoms with E-state index in [1.54, 1.807) is 13.8 Å². The predicted molar refractivity (Wildman–Crippen MR) is 78.0 cm³/mol. The summed E-state index contributed by atoms with van der Waals surface area (Å²) in [5, 5.41) is 13.8. The molecular formula is C13H18N2O5S. The Labute approximate surface area is 123 Å². The zero-order valence-electron chi connectivity index (χ0n) is 12.0. The largest absolute Gasteiger partial charge is 0.481 e. The number of sulfone groups is 1. The van der Waals surface area contributed by atoms with Crippen LogP contribution in [0.2, 0.25) is 0 Å². The number of carboxylic acids is 1. The van der Waals surface area contributed by atoms with Gasteiger partial charge >= 0.3 is 12.0 Å². The highest BCUT2D eigenvalue weighted by atomic mass is 32.2. The predicted octanol–water partition coefficient (Wildman–Crippen LogP) is 1.46. The third kappa shape index (κ3) is 5.82. The van der Waals surface area contributed by atoms with E-state index in [1.165, 1.54) is 24.3 Å². The van der Waals surface area contributed by atoms with E-state index in [1.807, 2.05) is 0 Å². The smallest absolute Gasteiger partial charge is 0.319 e. The quantitative estimate of drug-likeness (QED) is 0.761. The molecule has 2 amide bonds. The standard InChI is InChI=1S/C13H18N2O5S/c1-13(2,8-11(16)17)15-12(18)14-9-4-6-10(7-5-9)21(3,19)20/h4-7H,8H2,1-3H3,(H,16,17)(H2,14,15,18). The Morgan fingerprint density at radius 2 is 1.71 bits per heavy atom. The van der Waals surface area contributed by atoms with Gasteiger partial charge in [-0.25, -0.2) is 13.2 Å². The van der Waals surface area contributed by atoms with Crippen LogP contribution < -0.4 is 10.6 Å². The molecule has 0 spiro atoms. The van der Waals surface area contributed by atoms with E-state index in [0.717, 1.165) is 6.26 Å². The van der Waals surface area contributed by atoms with Crippen molar-refractivity contribution in [1.29, 1.82) is 0 Å². The number of carboxylic acid groups (broad SMARTS) is 1. The first-order valence-electron chi connectivity index (χ1n) is 6.11. The maximum atomic E-state index is 11.8. The fourth-order valence-electron chi connectivity index (χ4n) is 1.68. The molecule has 21 heavy (non-hydrogen) atoms. The topological polar surface area (TPSA) is 113 Å². The summed E-state index contributed by atoms with van der Waals surface area (Å²) in [4.78, 5) is 22.6. The molecule has 0 heterocycles. The lowest BCUT2D eigenvalue weighted by molar-refractivity contribution is -0.138. The maximum absolute atomic E-state index is 11.8. The van der Waals surface area contributed by atoms with Crippen LogP contribution in [0.3, 0.4) is 0 Å². The Bertz CT molecular complexity index is 635. The van der Waals surface area contributed by atoms with E-state index in [9.17, 15) is 18.0 Å². The van der Waals surface area contributed by atoms with Gasteiger partial charge < -0.3 is 15.7 Å². The van der Waals surface area contributed by atoms with Gasteiger partial charge in [0.15, 0.2) is 9.84 Å². The van der Waals surface area contributed by atoms with E-state index in [4.69, 9.17) is 5.11 Å². The monoisotopic (exact) mass is 314 g/mol. The molecule has 8 heteroatoms. The van der Waals surface area contributed by atoms with Crippen molar-refractivity contribution in [3.63, 3.8) is 0 Å². The summed E-state index contributed by atoms with van der Waals surface area (Å²) in [6.45, 7) is 3.18. The Kier molecular flexibility index (Phi) is 4.95. The summed E-state index contributed by atoms with van der Waals surface area (Å²) < 4.78 is 22.6. The van der Waals surface area contributed by atoms with Crippen molar-refractivity contribution in [2.75, 3.05) is 11.6 Å². The van der Waals surface area contributed by atoms with Crippen LogP contribution in [0.4, 0.5) is 10.5 Å². The summed E-state index contributed by atoms with van der Waals surface area (Å²) in [5.74, 6) is -1.02. The molecule has 1 rings (SSSR count). The van der Waals surface area contributed by atoms with Crippen molar-refractivity contribution in [2.45, 2.75) is 30.7 Å².